The maximum atomic E-state index is 12.5. The van der Waals surface area contributed by atoms with E-state index in [1.807, 2.05) is 17.0 Å². The average molecular weight is 314 g/mol. The first-order chi connectivity index (χ1) is 8.63. The summed E-state index contributed by atoms with van der Waals surface area (Å²) in [7, 11) is 1.60. The molecule has 4 heteroatoms. The maximum Gasteiger partial charge on any atom is 0.255 e. The van der Waals surface area contributed by atoms with Crippen molar-refractivity contribution in [3.8, 4) is 5.75 Å². The topological polar surface area (TPSA) is 29.5 Å². The Kier molecular flexibility index (Phi) is 6.19. The third kappa shape index (κ3) is 3.73. The van der Waals surface area contributed by atoms with Crippen LogP contribution in [-0.2, 0) is 0 Å². The van der Waals surface area contributed by atoms with Gasteiger partial charge < -0.3 is 9.64 Å². The molecule has 0 atom stereocenters. The largest absolute Gasteiger partial charge is 0.497 e. The fraction of sp³-hybridized carbons (Fsp3) is 0.500. The van der Waals surface area contributed by atoms with Gasteiger partial charge in [-0.25, -0.2) is 0 Å². The Hall–Kier alpha value is -1.03. The first-order valence-electron chi connectivity index (χ1n) is 6.26. The van der Waals surface area contributed by atoms with Gasteiger partial charge in [-0.2, -0.15) is 0 Å². The number of methoxy groups -OCH3 is 1. The predicted octanol–water partition coefficient (Wildman–Crippen LogP) is 3.72. The Bertz CT molecular complexity index is 401. The zero-order chi connectivity index (χ0) is 13.5. The van der Waals surface area contributed by atoms with Crippen LogP contribution < -0.4 is 4.74 Å². The maximum absolute atomic E-state index is 12.5. The molecule has 0 saturated carbocycles. The summed E-state index contributed by atoms with van der Waals surface area (Å²) in [4.78, 5) is 14.3. The fourth-order valence-electron chi connectivity index (χ4n) is 1.82. The molecule has 0 N–H and O–H groups in total. The van der Waals surface area contributed by atoms with E-state index in [1.54, 1.807) is 13.2 Å². The molecule has 1 aromatic carbocycles. The van der Waals surface area contributed by atoms with Crippen molar-refractivity contribution in [3.63, 3.8) is 0 Å². The Morgan fingerprint density at radius 3 is 2.39 bits per heavy atom. The molecule has 0 bridgehead atoms. The minimum Gasteiger partial charge on any atom is -0.497 e. The highest BCUT2D eigenvalue weighted by molar-refractivity contribution is 9.10. The van der Waals surface area contributed by atoms with Crippen molar-refractivity contribution in [1.29, 1.82) is 0 Å². The minimum absolute atomic E-state index is 0.0597. The van der Waals surface area contributed by atoms with Crippen LogP contribution in [-0.4, -0.2) is 31.0 Å². The molecule has 0 aliphatic carbocycles. The molecule has 0 radical (unpaired) electrons. The van der Waals surface area contributed by atoms with Gasteiger partial charge in [-0.05, 0) is 47.0 Å². The minimum atomic E-state index is 0.0597. The van der Waals surface area contributed by atoms with Gasteiger partial charge in [0.15, 0.2) is 0 Å². The first-order valence-corrected chi connectivity index (χ1v) is 7.06. The smallest absolute Gasteiger partial charge is 0.255 e. The molecule has 0 spiro atoms. The van der Waals surface area contributed by atoms with Crippen LogP contribution in [0.2, 0.25) is 0 Å². The zero-order valence-corrected chi connectivity index (χ0v) is 12.8. The molecule has 0 fully saturated rings. The van der Waals surface area contributed by atoms with E-state index in [1.165, 1.54) is 0 Å². The summed E-state index contributed by atoms with van der Waals surface area (Å²) in [5.74, 6) is 0.763. The van der Waals surface area contributed by atoms with Crippen LogP contribution in [0.25, 0.3) is 0 Å². The number of carbonyl (C=O) groups excluding carboxylic acids is 1. The van der Waals surface area contributed by atoms with E-state index < -0.39 is 0 Å². The molecule has 1 rings (SSSR count). The Labute approximate surface area is 117 Å². The summed E-state index contributed by atoms with van der Waals surface area (Å²) < 4.78 is 5.98. The van der Waals surface area contributed by atoms with Gasteiger partial charge >= 0.3 is 0 Å². The van der Waals surface area contributed by atoms with Crippen LogP contribution in [0, 0.1) is 0 Å². The van der Waals surface area contributed by atoms with Crippen molar-refractivity contribution in [2.45, 2.75) is 26.7 Å². The van der Waals surface area contributed by atoms with Crippen LogP contribution in [0.1, 0.15) is 37.0 Å². The lowest BCUT2D eigenvalue weighted by atomic mass is 10.1. The normalized spacial score (nSPS) is 10.2. The van der Waals surface area contributed by atoms with Crippen molar-refractivity contribution in [1.82, 2.24) is 4.90 Å². The number of nitrogens with zero attached hydrogens (tertiary/aromatic N) is 1. The van der Waals surface area contributed by atoms with Crippen LogP contribution in [0.5, 0.6) is 5.75 Å². The second-order valence-corrected chi connectivity index (χ2v) is 4.99. The lowest BCUT2D eigenvalue weighted by molar-refractivity contribution is 0.0754. The molecule has 3 nitrogen and oxygen atoms in total. The highest BCUT2D eigenvalue weighted by Gasteiger charge is 2.17. The third-order valence-corrected chi connectivity index (χ3v) is 3.37. The van der Waals surface area contributed by atoms with E-state index in [4.69, 9.17) is 4.74 Å². The standard InChI is InChI=1S/C14H20BrNO2/c1-4-8-16(9-5-2)14(17)12-10-11(18-3)6-7-13(12)15/h6-7,10H,4-5,8-9H2,1-3H3. The number of amides is 1. The summed E-state index contributed by atoms with van der Waals surface area (Å²) >= 11 is 3.43. The summed E-state index contributed by atoms with van der Waals surface area (Å²) in [5, 5.41) is 0. The van der Waals surface area contributed by atoms with Crippen LogP contribution in [0.4, 0.5) is 0 Å². The monoisotopic (exact) mass is 313 g/mol. The summed E-state index contributed by atoms with van der Waals surface area (Å²) in [6.45, 7) is 5.74. The SMILES string of the molecule is CCCN(CCC)C(=O)c1cc(OC)ccc1Br. The quantitative estimate of drug-likeness (QED) is 0.801. The molecule has 0 aliphatic rings. The van der Waals surface area contributed by atoms with Crippen molar-refractivity contribution >= 4 is 21.8 Å². The van der Waals surface area contributed by atoms with Crippen LogP contribution in [0.15, 0.2) is 22.7 Å². The van der Waals surface area contributed by atoms with Crippen molar-refractivity contribution in [2.75, 3.05) is 20.2 Å². The summed E-state index contributed by atoms with van der Waals surface area (Å²) in [5.41, 5.74) is 0.663. The number of ether oxygens (including phenoxy) is 1. The van der Waals surface area contributed by atoms with E-state index in [0.717, 1.165) is 30.4 Å². The van der Waals surface area contributed by atoms with E-state index in [0.29, 0.717) is 11.3 Å². The summed E-state index contributed by atoms with van der Waals surface area (Å²) in [6.07, 6.45) is 1.93. The van der Waals surface area contributed by atoms with Gasteiger partial charge in [0, 0.05) is 17.6 Å². The fourth-order valence-corrected chi connectivity index (χ4v) is 2.24. The molecule has 0 aliphatic heterocycles. The van der Waals surface area contributed by atoms with Gasteiger partial charge in [0.2, 0.25) is 0 Å². The van der Waals surface area contributed by atoms with E-state index in [2.05, 4.69) is 29.8 Å². The van der Waals surface area contributed by atoms with E-state index in [9.17, 15) is 4.79 Å². The van der Waals surface area contributed by atoms with Gasteiger partial charge in [0.25, 0.3) is 5.91 Å². The Morgan fingerprint density at radius 2 is 1.89 bits per heavy atom. The molecule has 0 unspecified atom stereocenters. The Balaban J connectivity index is 2.99. The highest BCUT2D eigenvalue weighted by Crippen LogP contribution is 2.24. The lowest BCUT2D eigenvalue weighted by Crippen LogP contribution is -2.32. The average Bonchev–Trinajstić information content (AvgIpc) is 2.38. The van der Waals surface area contributed by atoms with E-state index in [-0.39, 0.29) is 5.91 Å². The number of hydrogen-bond donors (Lipinski definition) is 0. The molecule has 1 aromatic rings. The van der Waals surface area contributed by atoms with Crippen molar-refractivity contribution < 1.29 is 9.53 Å². The highest BCUT2D eigenvalue weighted by atomic mass is 79.9. The van der Waals surface area contributed by atoms with Crippen molar-refractivity contribution in [2.24, 2.45) is 0 Å². The van der Waals surface area contributed by atoms with Crippen LogP contribution in [0.3, 0.4) is 0 Å². The molecule has 0 saturated heterocycles. The summed E-state index contributed by atoms with van der Waals surface area (Å²) in [6, 6.07) is 5.47. The molecule has 18 heavy (non-hydrogen) atoms. The number of hydrogen-bond acceptors (Lipinski definition) is 2. The second kappa shape index (κ2) is 7.41. The van der Waals surface area contributed by atoms with Gasteiger partial charge in [0.1, 0.15) is 5.75 Å². The van der Waals surface area contributed by atoms with E-state index >= 15 is 0 Å². The van der Waals surface area contributed by atoms with Crippen molar-refractivity contribution in [3.05, 3.63) is 28.2 Å². The van der Waals surface area contributed by atoms with Gasteiger partial charge in [0.05, 0.1) is 12.7 Å². The predicted molar refractivity (Wildman–Crippen MR) is 77.2 cm³/mol. The second-order valence-electron chi connectivity index (χ2n) is 4.14. The molecule has 1 amide bonds. The molecule has 0 aromatic heterocycles. The van der Waals surface area contributed by atoms with Gasteiger partial charge in [-0.1, -0.05) is 13.8 Å². The molecule has 100 valence electrons. The lowest BCUT2D eigenvalue weighted by Gasteiger charge is -2.22. The van der Waals surface area contributed by atoms with Gasteiger partial charge in [-0.3, -0.25) is 4.79 Å². The third-order valence-electron chi connectivity index (χ3n) is 2.68. The number of halogens is 1. The molecular formula is C14H20BrNO2. The number of carbonyl (C=O) groups is 1. The van der Waals surface area contributed by atoms with Crippen LogP contribution >= 0.6 is 15.9 Å². The number of benzene rings is 1. The first kappa shape index (κ1) is 15.0. The molecular weight excluding hydrogens is 294 g/mol. The zero-order valence-electron chi connectivity index (χ0n) is 11.2. The van der Waals surface area contributed by atoms with Gasteiger partial charge in [-0.15, -0.1) is 0 Å². The number of rotatable bonds is 6. The Morgan fingerprint density at radius 1 is 1.28 bits per heavy atom. The molecule has 0 heterocycles.